The van der Waals surface area contributed by atoms with Crippen molar-refractivity contribution in [3.8, 4) is 0 Å². The number of nitrogens with one attached hydrogen (secondary N) is 1. The maximum Gasteiger partial charge on any atom is 0.341 e. The van der Waals surface area contributed by atoms with Crippen LogP contribution < -0.4 is 10.2 Å². The second-order valence-electron chi connectivity index (χ2n) is 6.51. The highest BCUT2D eigenvalue weighted by molar-refractivity contribution is 7.91. The molecule has 1 aliphatic rings. The van der Waals surface area contributed by atoms with Gasteiger partial charge in [0.05, 0.1) is 9.82 Å². The van der Waals surface area contributed by atoms with Crippen molar-refractivity contribution in [1.29, 1.82) is 0 Å². The topological polar surface area (TPSA) is 110 Å². The van der Waals surface area contributed by atoms with E-state index in [-0.39, 0.29) is 18.1 Å². The van der Waals surface area contributed by atoms with E-state index in [0.717, 1.165) is 17.2 Å². The minimum atomic E-state index is -4.94. The number of alkyl halides is 2. The molecular weight excluding hydrogens is 408 g/mol. The zero-order valence-electron chi connectivity index (χ0n) is 15.3. The van der Waals surface area contributed by atoms with Crippen LogP contribution in [0.1, 0.15) is 18.1 Å². The van der Waals surface area contributed by atoms with Crippen LogP contribution in [-0.4, -0.2) is 31.6 Å². The van der Waals surface area contributed by atoms with Crippen molar-refractivity contribution in [3.05, 3.63) is 57.6 Å². The second-order valence-corrected chi connectivity index (χ2v) is 8.43. The standard InChI is InChI=1S/C18H17F2N3O5S/c1-11(24)21-15-4-2-3-12-10-22(8-7-14(12)15)16-6-5-13(9-17(16)23(25)26)29(27,28)18(19)20/h2-6,9,18H,7-8,10H2,1H3,(H,21,24). The number of halogens is 2. The van der Waals surface area contributed by atoms with E-state index >= 15 is 0 Å². The van der Waals surface area contributed by atoms with E-state index < -0.39 is 31.1 Å². The van der Waals surface area contributed by atoms with E-state index in [4.69, 9.17) is 0 Å². The van der Waals surface area contributed by atoms with Crippen LogP contribution in [0.4, 0.5) is 25.8 Å². The highest BCUT2D eigenvalue weighted by Crippen LogP contribution is 2.36. The fourth-order valence-corrected chi connectivity index (χ4v) is 4.06. The number of hydrogen-bond donors (Lipinski definition) is 1. The Morgan fingerprint density at radius 3 is 2.62 bits per heavy atom. The molecule has 1 aliphatic heterocycles. The molecule has 0 spiro atoms. The fraction of sp³-hybridized carbons (Fsp3) is 0.278. The van der Waals surface area contributed by atoms with Gasteiger partial charge in [0.2, 0.25) is 15.7 Å². The molecule has 1 amide bonds. The number of nitro groups is 1. The van der Waals surface area contributed by atoms with Gasteiger partial charge in [-0.1, -0.05) is 12.1 Å². The first-order valence-electron chi connectivity index (χ1n) is 8.55. The molecule has 1 N–H and O–H groups in total. The van der Waals surface area contributed by atoms with Crippen LogP contribution in [0.15, 0.2) is 41.3 Å². The fourth-order valence-electron chi connectivity index (χ4n) is 3.32. The summed E-state index contributed by atoms with van der Waals surface area (Å²) in [6, 6.07) is 8.14. The molecule has 0 fully saturated rings. The highest BCUT2D eigenvalue weighted by Gasteiger charge is 2.31. The molecule has 3 rings (SSSR count). The van der Waals surface area contributed by atoms with E-state index in [2.05, 4.69) is 5.32 Å². The first-order chi connectivity index (χ1) is 13.6. The molecule has 2 aromatic carbocycles. The number of anilines is 2. The quantitative estimate of drug-likeness (QED) is 0.582. The van der Waals surface area contributed by atoms with E-state index in [9.17, 15) is 32.1 Å². The first kappa shape index (κ1) is 20.6. The summed E-state index contributed by atoms with van der Waals surface area (Å²) in [5, 5.41) is 14.2. The summed E-state index contributed by atoms with van der Waals surface area (Å²) in [5.41, 5.74) is 2.01. The van der Waals surface area contributed by atoms with Crippen molar-refractivity contribution in [1.82, 2.24) is 0 Å². The molecule has 0 aliphatic carbocycles. The molecule has 154 valence electrons. The third-order valence-corrected chi connectivity index (χ3v) is 6.00. The van der Waals surface area contributed by atoms with Gasteiger partial charge in [0.25, 0.3) is 5.69 Å². The zero-order chi connectivity index (χ0) is 21.3. The number of carbonyl (C=O) groups is 1. The molecule has 29 heavy (non-hydrogen) atoms. The summed E-state index contributed by atoms with van der Waals surface area (Å²) >= 11 is 0. The molecule has 0 bridgehead atoms. The first-order valence-corrected chi connectivity index (χ1v) is 10.1. The number of carbonyl (C=O) groups excluding carboxylic acids is 1. The Morgan fingerprint density at radius 1 is 1.28 bits per heavy atom. The number of nitrogens with zero attached hydrogens (tertiary/aromatic N) is 2. The van der Waals surface area contributed by atoms with Gasteiger partial charge in [-0.3, -0.25) is 14.9 Å². The molecule has 2 aromatic rings. The van der Waals surface area contributed by atoms with Crippen LogP contribution in [-0.2, 0) is 27.6 Å². The lowest BCUT2D eigenvalue weighted by Crippen LogP contribution is -2.31. The predicted molar refractivity (Wildman–Crippen MR) is 102 cm³/mol. The van der Waals surface area contributed by atoms with Crippen LogP contribution in [0, 0.1) is 10.1 Å². The van der Waals surface area contributed by atoms with Gasteiger partial charge < -0.3 is 10.2 Å². The van der Waals surface area contributed by atoms with Gasteiger partial charge >= 0.3 is 5.76 Å². The SMILES string of the molecule is CC(=O)Nc1cccc2c1CCN(c1ccc(S(=O)(=O)C(F)F)cc1[N+](=O)[O-])C2. The Hall–Kier alpha value is -3.08. The summed E-state index contributed by atoms with van der Waals surface area (Å²) in [5.74, 6) is -3.88. The normalized spacial score (nSPS) is 13.9. The lowest BCUT2D eigenvalue weighted by molar-refractivity contribution is -0.384. The smallest absolute Gasteiger partial charge is 0.341 e. The number of sulfone groups is 1. The summed E-state index contributed by atoms with van der Waals surface area (Å²) in [7, 11) is -4.94. The maximum atomic E-state index is 12.8. The lowest BCUT2D eigenvalue weighted by Gasteiger charge is -2.31. The van der Waals surface area contributed by atoms with Crippen molar-refractivity contribution in [2.24, 2.45) is 0 Å². The van der Waals surface area contributed by atoms with Gasteiger partial charge in [-0.05, 0) is 35.7 Å². The van der Waals surface area contributed by atoms with Gasteiger partial charge in [-0.15, -0.1) is 0 Å². The van der Waals surface area contributed by atoms with E-state index in [1.807, 2.05) is 6.07 Å². The van der Waals surface area contributed by atoms with Crippen molar-refractivity contribution >= 4 is 32.8 Å². The monoisotopic (exact) mass is 425 g/mol. The Balaban J connectivity index is 1.98. The number of hydrogen-bond acceptors (Lipinski definition) is 6. The second kappa shape index (κ2) is 7.74. The van der Waals surface area contributed by atoms with Crippen LogP contribution in [0.25, 0.3) is 0 Å². The maximum absolute atomic E-state index is 12.8. The zero-order valence-corrected chi connectivity index (χ0v) is 16.1. The van der Waals surface area contributed by atoms with Crippen LogP contribution in [0.2, 0.25) is 0 Å². The third-order valence-electron chi connectivity index (χ3n) is 4.62. The average molecular weight is 425 g/mol. The summed E-state index contributed by atoms with van der Waals surface area (Å²) in [4.78, 5) is 22.9. The number of rotatable bonds is 5. The molecule has 0 saturated carbocycles. The van der Waals surface area contributed by atoms with Crippen molar-refractivity contribution in [3.63, 3.8) is 0 Å². The predicted octanol–water partition coefficient (Wildman–Crippen LogP) is 3.11. The minimum Gasteiger partial charge on any atom is -0.361 e. The number of fused-ring (bicyclic) bond motifs is 1. The van der Waals surface area contributed by atoms with Gasteiger partial charge in [-0.25, -0.2) is 8.42 Å². The largest absolute Gasteiger partial charge is 0.361 e. The van der Waals surface area contributed by atoms with Crippen LogP contribution >= 0.6 is 0 Å². The van der Waals surface area contributed by atoms with E-state index in [1.165, 1.54) is 13.0 Å². The molecule has 8 nitrogen and oxygen atoms in total. The van der Waals surface area contributed by atoms with Crippen LogP contribution in [0.5, 0.6) is 0 Å². The molecule has 0 radical (unpaired) electrons. The summed E-state index contributed by atoms with van der Waals surface area (Å²) in [6.45, 7) is 2.04. The minimum absolute atomic E-state index is 0.138. The Labute approximate surface area is 165 Å². The molecule has 0 atom stereocenters. The highest BCUT2D eigenvalue weighted by atomic mass is 32.2. The Bertz CT molecular complexity index is 1090. The number of benzene rings is 2. The van der Waals surface area contributed by atoms with Crippen molar-refractivity contribution < 1.29 is 26.9 Å². The molecular formula is C18H17F2N3O5S. The van der Waals surface area contributed by atoms with Gasteiger partial charge in [0.1, 0.15) is 5.69 Å². The molecule has 0 unspecified atom stereocenters. The summed E-state index contributed by atoms with van der Waals surface area (Å²) < 4.78 is 48.9. The molecule has 1 heterocycles. The average Bonchev–Trinajstić information content (AvgIpc) is 2.66. The Morgan fingerprint density at radius 2 is 2.00 bits per heavy atom. The van der Waals surface area contributed by atoms with Gasteiger partial charge in [0.15, 0.2) is 0 Å². The number of amides is 1. The van der Waals surface area contributed by atoms with Gasteiger partial charge in [0, 0.05) is 31.8 Å². The van der Waals surface area contributed by atoms with E-state index in [0.29, 0.717) is 24.7 Å². The third kappa shape index (κ3) is 4.04. The Kier molecular flexibility index (Phi) is 5.51. The lowest BCUT2D eigenvalue weighted by atomic mass is 9.97. The number of nitro benzene ring substituents is 1. The molecule has 0 aromatic heterocycles. The van der Waals surface area contributed by atoms with Crippen LogP contribution in [0.3, 0.4) is 0 Å². The summed E-state index contributed by atoms with van der Waals surface area (Å²) in [6.07, 6.45) is 0.486. The van der Waals surface area contributed by atoms with Crippen molar-refractivity contribution in [2.75, 3.05) is 16.8 Å². The van der Waals surface area contributed by atoms with Gasteiger partial charge in [-0.2, -0.15) is 8.78 Å². The van der Waals surface area contributed by atoms with E-state index in [1.54, 1.807) is 17.0 Å². The van der Waals surface area contributed by atoms with Crippen molar-refractivity contribution in [2.45, 2.75) is 30.5 Å². The molecule has 11 heteroatoms. The molecule has 0 saturated heterocycles.